The molecule has 0 spiro atoms. The van der Waals surface area contributed by atoms with Gasteiger partial charge in [0.1, 0.15) is 15.0 Å². The Morgan fingerprint density at radius 2 is 0.977 bits per heavy atom. The van der Waals surface area contributed by atoms with E-state index in [1.165, 1.54) is 63.2 Å². The molecule has 0 radical (unpaired) electrons. The number of benzene rings is 6. The Morgan fingerprint density at radius 3 is 1.45 bits per heavy atom. The van der Waals surface area contributed by atoms with Crippen LogP contribution in [0.5, 0.6) is 5.75 Å². The van der Waals surface area contributed by atoms with Crippen LogP contribution in [-0.2, 0) is 31.1 Å². The second kappa shape index (κ2) is 13.5. The highest BCUT2D eigenvalue weighted by molar-refractivity contribution is 7.97. The molecule has 0 fully saturated rings. The Bertz CT molecular complexity index is 1970. The van der Waals surface area contributed by atoms with Gasteiger partial charge in [-0.2, -0.15) is 8.42 Å². The molecule has 6 rings (SSSR count). The topological polar surface area (TPSA) is 101 Å². The first-order chi connectivity index (χ1) is 21.1. The predicted molar refractivity (Wildman–Crippen MR) is 172 cm³/mol. The molecule has 0 aliphatic rings. The molecule has 0 atom stereocenters. The molecular formula is C35H28O6S3. The summed E-state index contributed by atoms with van der Waals surface area (Å²) in [5.41, 5.74) is 0.898. The number of hydrogen-bond acceptors (Lipinski definition) is 6. The lowest BCUT2D eigenvalue weighted by atomic mass is 10.1. The lowest BCUT2D eigenvalue weighted by Crippen LogP contribution is -2.10. The molecule has 0 amide bonds. The molecule has 222 valence electrons. The zero-order valence-electron chi connectivity index (χ0n) is 23.6. The van der Waals surface area contributed by atoms with Crippen LogP contribution in [0.4, 0.5) is 0 Å². The number of fused-ring (bicyclic) bond motifs is 1. The lowest BCUT2D eigenvalue weighted by molar-refractivity contribution is 0.464. The quantitative estimate of drug-likeness (QED) is 0.101. The maximum atomic E-state index is 12.4. The molecule has 0 N–H and O–H groups in total. The molecule has 0 saturated heterocycles. The van der Waals surface area contributed by atoms with E-state index in [1.54, 1.807) is 12.1 Å². The number of hydrogen-bond donors (Lipinski definition) is 0. The van der Waals surface area contributed by atoms with Crippen LogP contribution < -0.4 is 4.18 Å². The monoisotopic (exact) mass is 640 g/mol. The fourth-order valence-electron chi connectivity index (χ4n) is 4.49. The molecule has 0 heterocycles. The Kier molecular flexibility index (Phi) is 9.51. The Balaban J connectivity index is 0.000000181. The van der Waals surface area contributed by atoms with Crippen LogP contribution in [0.1, 0.15) is 5.56 Å². The van der Waals surface area contributed by atoms with Gasteiger partial charge >= 0.3 is 10.1 Å². The molecular weight excluding hydrogens is 613 g/mol. The first-order valence-corrected chi connectivity index (χ1v) is 17.6. The van der Waals surface area contributed by atoms with Crippen molar-refractivity contribution in [1.29, 1.82) is 0 Å². The van der Waals surface area contributed by atoms with Crippen molar-refractivity contribution in [2.75, 3.05) is 0 Å². The second-order valence-corrected chi connectivity index (χ2v) is 14.6. The molecule has 0 unspecified atom stereocenters. The van der Waals surface area contributed by atoms with Gasteiger partial charge in [0, 0.05) is 10.8 Å². The van der Waals surface area contributed by atoms with Gasteiger partial charge in [0.25, 0.3) is 0 Å². The van der Waals surface area contributed by atoms with Crippen molar-refractivity contribution >= 4 is 41.9 Å². The Labute approximate surface area is 260 Å². The lowest BCUT2D eigenvalue weighted by Gasteiger charge is -2.13. The van der Waals surface area contributed by atoms with E-state index < -0.39 is 25.1 Å². The molecule has 0 aliphatic heterocycles. The van der Waals surface area contributed by atoms with Gasteiger partial charge in [-0.15, -0.1) is 0 Å². The predicted octanol–water partition coefficient (Wildman–Crippen LogP) is 7.60. The van der Waals surface area contributed by atoms with E-state index in [0.717, 1.165) is 5.56 Å². The van der Waals surface area contributed by atoms with Crippen molar-refractivity contribution < 1.29 is 25.6 Å². The summed E-state index contributed by atoms with van der Waals surface area (Å²) in [4.78, 5) is 3.63. The summed E-state index contributed by atoms with van der Waals surface area (Å²) in [5, 5.41) is 0.323. The fourth-order valence-corrected chi connectivity index (χ4v) is 8.24. The van der Waals surface area contributed by atoms with Crippen molar-refractivity contribution in [3.63, 3.8) is 0 Å². The molecule has 9 heteroatoms. The minimum absolute atomic E-state index is 0.0146. The van der Waals surface area contributed by atoms with Gasteiger partial charge in [0.05, 0.1) is 15.8 Å². The van der Waals surface area contributed by atoms with Crippen molar-refractivity contribution in [1.82, 2.24) is 0 Å². The van der Waals surface area contributed by atoms with Crippen molar-refractivity contribution in [3.8, 4) is 5.75 Å². The van der Waals surface area contributed by atoms with E-state index in [1.807, 2.05) is 6.92 Å². The largest absolute Gasteiger partial charge is 0.744 e. The maximum Gasteiger partial charge on any atom is 0.339 e. The van der Waals surface area contributed by atoms with Crippen LogP contribution in [0.3, 0.4) is 0 Å². The molecule has 0 saturated carbocycles. The van der Waals surface area contributed by atoms with Crippen molar-refractivity contribution in [2.24, 2.45) is 0 Å². The fraction of sp³-hybridized carbons (Fsp3) is 0.0286. The third-order valence-electron chi connectivity index (χ3n) is 6.56. The van der Waals surface area contributed by atoms with E-state index in [-0.39, 0.29) is 32.3 Å². The summed E-state index contributed by atoms with van der Waals surface area (Å²) in [6, 6.07) is 46.5. The Hall–Kier alpha value is -4.41. The van der Waals surface area contributed by atoms with Crippen LogP contribution in [0.2, 0.25) is 0 Å². The molecule has 0 bridgehead atoms. The van der Waals surface area contributed by atoms with Crippen LogP contribution in [0.15, 0.2) is 176 Å². The first-order valence-electron chi connectivity index (χ1n) is 13.5. The third kappa shape index (κ3) is 7.38. The second-order valence-electron chi connectivity index (χ2n) is 9.66. The SMILES string of the molecule is Cc1ccc(S(=O)(=O)Oc2cccc3c(S(=O)(=O)[O-])cccc23)cc1.c1ccc([S+](c2ccccc2)c2ccccc2)cc1. The number of aryl methyl sites for hydroxylation is 1. The van der Waals surface area contributed by atoms with E-state index in [9.17, 15) is 21.4 Å². The van der Waals surface area contributed by atoms with Gasteiger partial charge in [-0.25, -0.2) is 8.42 Å². The Morgan fingerprint density at radius 1 is 0.523 bits per heavy atom. The summed E-state index contributed by atoms with van der Waals surface area (Å²) in [7, 11) is -8.81. The van der Waals surface area contributed by atoms with Crippen molar-refractivity contribution in [2.45, 2.75) is 31.4 Å². The summed E-state index contributed by atoms with van der Waals surface area (Å²) in [6.07, 6.45) is 0. The van der Waals surface area contributed by atoms with Gasteiger partial charge in [0.15, 0.2) is 20.4 Å². The average molecular weight is 641 g/mol. The van der Waals surface area contributed by atoms with Crippen LogP contribution in [0, 0.1) is 6.92 Å². The highest BCUT2D eigenvalue weighted by Crippen LogP contribution is 2.32. The zero-order valence-corrected chi connectivity index (χ0v) is 26.1. The minimum atomic E-state index is -4.70. The smallest absolute Gasteiger partial charge is 0.339 e. The third-order valence-corrected chi connectivity index (χ3v) is 10.9. The van der Waals surface area contributed by atoms with Gasteiger partial charge in [-0.1, -0.05) is 96.6 Å². The highest BCUT2D eigenvalue weighted by Gasteiger charge is 2.27. The highest BCUT2D eigenvalue weighted by atomic mass is 32.2. The zero-order chi connectivity index (χ0) is 31.2. The molecule has 6 aromatic carbocycles. The standard InChI is InChI=1S/C18H15S.C17H14O6S2/c1-4-10-16(11-5-1)19(17-12-6-2-7-13-17)18-14-8-3-9-15-18;1-12-8-10-13(11-9-12)25(21,22)23-16-6-2-5-15-14(16)4-3-7-17(15)24(18,19)20/h1-15H;2-11H,1H3,(H,18,19,20)/q+1;/p-1. The van der Waals surface area contributed by atoms with Gasteiger partial charge in [-0.05, 0) is 67.6 Å². The average Bonchev–Trinajstić information content (AvgIpc) is 3.03. The summed E-state index contributed by atoms with van der Waals surface area (Å²) in [6.45, 7) is 1.83. The molecule has 6 nitrogen and oxygen atoms in total. The molecule has 0 aromatic heterocycles. The van der Waals surface area contributed by atoms with Crippen LogP contribution in [-0.4, -0.2) is 21.4 Å². The minimum Gasteiger partial charge on any atom is -0.744 e. The van der Waals surface area contributed by atoms with E-state index in [0.29, 0.717) is 0 Å². The first kappa shape index (κ1) is 31.0. The van der Waals surface area contributed by atoms with Gasteiger partial charge in [-0.3, -0.25) is 0 Å². The van der Waals surface area contributed by atoms with Crippen LogP contribution in [0.25, 0.3) is 10.8 Å². The molecule has 6 aromatic rings. The normalized spacial score (nSPS) is 11.5. The van der Waals surface area contributed by atoms with Gasteiger partial charge in [0.2, 0.25) is 0 Å². The summed E-state index contributed by atoms with van der Waals surface area (Å²) >= 11 is 0. The van der Waals surface area contributed by atoms with Crippen LogP contribution >= 0.6 is 0 Å². The van der Waals surface area contributed by atoms with Gasteiger partial charge < -0.3 is 8.74 Å². The van der Waals surface area contributed by atoms with Crippen molar-refractivity contribution in [3.05, 3.63) is 157 Å². The van der Waals surface area contributed by atoms with E-state index in [2.05, 4.69) is 91.0 Å². The maximum absolute atomic E-state index is 12.4. The molecule has 0 aliphatic carbocycles. The van der Waals surface area contributed by atoms with E-state index in [4.69, 9.17) is 4.18 Å². The number of rotatable bonds is 7. The van der Waals surface area contributed by atoms with E-state index >= 15 is 0 Å². The summed E-state index contributed by atoms with van der Waals surface area (Å²) < 4.78 is 64.2. The summed E-state index contributed by atoms with van der Waals surface area (Å²) in [5.74, 6) is -0.0522. The molecule has 44 heavy (non-hydrogen) atoms.